The smallest absolute Gasteiger partial charge is 0.340 e. The SMILES string of the molecule is N#Cc1cc2c(nc1N1CC[C@@H](C(=O)NS(=O)(=O)Cc3ccccc3)C1)COC2=O. The Morgan fingerprint density at radius 2 is 2.10 bits per heavy atom. The monoisotopic (exact) mass is 426 g/mol. The Kier molecular flexibility index (Phi) is 5.13. The fraction of sp³-hybridized carbons (Fsp3) is 0.300. The summed E-state index contributed by atoms with van der Waals surface area (Å²) in [6.45, 7) is 0.705. The number of carbonyl (C=O) groups is 2. The van der Waals surface area contributed by atoms with Crippen LogP contribution in [0.25, 0.3) is 0 Å². The van der Waals surface area contributed by atoms with E-state index in [-0.39, 0.29) is 30.0 Å². The van der Waals surface area contributed by atoms with Crippen molar-refractivity contribution in [2.45, 2.75) is 18.8 Å². The molecule has 4 rings (SSSR count). The Bertz CT molecular complexity index is 1160. The lowest BCUT2D eigenvalue weighted by Gasteiger charge is -2.19. The maximum atomic E-state index is 12.5. The summed E-state index contributed by atoms with van der Waals surface area (Å²) in [5.74, 6) is -1.56. The third-order valence-corrected chi connectivity index (χ3v) is 6.30. The van der Waals surface area contributed by atoms with E-state index >= 15 is 0 Å². The van der Waals surface area contributed by atoms with Gasteiger partial charge in [0.25, 0.3) is 0 Å². The van der Waals surface area contributed by atoms with Gasteiger partial charge in [0.2, 0.25) is 15.9 Å². The average Bonchev–Trinajstić information content (AvgIpc) is 3.34. The maximum absolute atomic E-state index is 12.5. The molecule has 0 aliphatic carbocycles. The molecule has 30 heavy (non-hydrogen) atoms. The second kappa shape index (κ2) is 7.76. The van der Waals surface area contributed by atoms with Crippen LogP contribution in [0.1, 0.15) is 33.6 Å². The van der Waals surface area contributed by atoms with Crippen molar-refractivity contribution < 1.29 is 22.7 Å². The van der Waals surface area contributed by atoms with Gasteiger partial charge >= 0.3 is 5.97 Å². The third kappa shape index (κ3) is 3.97. The number of nitriles is 1. The summed E-state index contributed by atoms with van der Waals surface area (Å²) in [4.78, 5) is 30.4. The molecule has 0 saturated carbocycles. The van der Waals surface area contributed by atoms with Gasteiger partial charge in [-0.15, -0.1) is 0 Å². The van der Waals surface area contributed by atoms with Crippen LogP contribution in [0.15, 0.2) is 36.4 Å². The van der Waals surface area contributed by atoms with E-state index in [1.807, 2.05) is 6.07 Å². The second-order valence-corrected chi connectivity index (χ2v) is 8.91. The first-order valence-corrected chi connectivity index (χ1v) is 11.0. The lowest BCUT2D eigenvalue weighted by molar-refractivity contribution is -0.122. The summed E-state index contributed by atoms with van der Waals surface area (Å²) in [6.07, 6.45) is 0.422. The molecule has 1 aromatic heterocycles. The van der Waals surface area contributed by atoms with Crippen molar-refractivity contribution >= 4 is 27.7 Å². The van der Waals surface area contributed by atoms with E-state index in [1.165, 1.54) is 6.07 Å². The molecule has 1 atom stereocenters. The van der Waals surface area contributed by atoms with Crippen molar-refractivity contribution in [1.82, 2.24) is 9.71 Å². The summed E-state index contributed by atoms with van der Waals surface area (Å²) in [7, 11) is -3.82. The molecule has 1 fully saturated rings. The summed E-state index contributed by atoms with van der Waals surface area (Å²) in [5.41, 5.74) is 1.53. The fourth-order valence-corrected chi connectivity index (χ4v) is 4.77. The molecule has 9 nitrogen and oxygen atoms in total. The molecular weight excluding hydrogens is 408 g/mol. The number of nitrogens with one attached hydrogen (secondary N) is 1. The van der Waals surface area contributed by atoms with E-state index in [9.17, 15) is 23.3 Å². The van der Waals surface area contributed by atoms with E-state index in [1.54, 1.807) is 35.2 Å². The topological polar surface area (TPSA) is 129 Å². The van der Waals surface area contributed by atoms with E-state index in [2.05, 4.69) is 9.71 Å². The van der Waals surface area contributed by atoms with Gasteiger partial charge in [-0.25, -0.2) is 18.2 Å². The van der Waals surface area contributed by atoms with Crippen molar-refractivity contribution in [3.05, 3.63) is 58.8 Å². The zero-order valence-corrected chi connectivity index (χ0v) is 16.7. The molecule has 1 saturated heterocycles. The highest BCUT2D eigenvalue weighted by Gasteiger charge is 2.34. The van der Waals surface area contributed by atoms with Crippen LogP contribution < -0.4 is 9.62 Å². The van der Waals surface area contributed by atoms with Crippen molar-refractivity contribution in [3.63, 3.8) is 0 Å². The minimum atomic E-state index is -3.82. The van der Waals surface area contributed by atoms with Crippen molar-refractivity contribution in [2.75, 3.05) is 18.0 Å². The van der Waals surface area contributed by atoms with Gasteiger partial charge in [0, 0.05) is 13.1 Å². The molecule has 2 aliphatic heterocycles. The molecule has 0 bridgehead atoms. The maximum Gasteiger partial charge on any atom is 0.340 e. The number of rotatable bonds is 5. The number of carbonyl (C=O) groups excluding carboxylic acids is 2. The van der Waals surface area contributed by atoms with Crippen molar-refractivity contribution in [2.24, 2.45) is 5.92 Å². The Morgan fingerprint density at radius 3 is 2.83 bits per heavy atom. The number of fused-ring (bicyclic) bond motifs is 1. The lowest BCUT2D eigenvalue weighted by Crippen LogP contribution is -2.37. The molecular formula is C20H18N4O5S. The average molecular weight is 426 g/mol. The molecule has 0 spiro atoms. The molecule has 154 valence electrons. The molecule has 2 aromatic rings. The zero-order chi connectivity index (χ0) is 21.3. The first-order chi connectivity index (χ1) is 14.4. The molecule has 10 heteroatoms. The number of hydrogen-bond acceptors (Lipinski definition) is 8. The molecule has 0 radical (unpaired) electrons. The van der Waals surface area contributed by atoms with Crippen molar-refractivity contribution in [1.29, 1.82) is 5.26 Å². The summed E-state index contributed by atoms with van der Waals surface area (Å²) in [6, 6.07) is 12.1. The summed E-state index contributed by atoms with van der Waals surface area (Å²) < 4.78 is 31.8. The van der Waals surface area contributed by atoms with E-state index < -0.39 is 27.8 Å². The van der Waals surface area contributed by atoms with Gasteiger partial charge in [0.15, 0.2) is 0 Å². The van der Waals surface area contributed by atoms with E-state index in [4.69, 9.17) is 4.74 Å². The highest BCUT2D eigenvalue weighted by Crippen LogP contribution is 2.29. The van der Waals surface area contributed by atoms with Crippen molar-refractivity contribution in [3.8, 4) is 6.07 Å². The van der Waals surface area contributed by atoms with Gasteiger partial charge in [-0.2, -0.15) is 5.26 Å². The number of cyclic esters (lactones) is 1. The minimum absolute atomic E-state index is 0.0440. The van der Waals surface area contributed by atoms with Gasteiger partial charge in [-0.1, -0.05) is 30.3 Å². The first-order valence-electron chi connectivity index (χ1n) is 9.30. The molecule has 2 aliphatic rings. The predicted molar refractivity (Wildman–Crippen MR) is 106 cm³/mol. The Hall–Kier alpha value is -3.45. The summed E-state index contributed by atoms with van der Waals surface area (Å²) in [5, 5.41) is 9.44. The zero-order valence-electron chi connectivity index (χ0n) is 15.9. The quantitative estimate of drug-likeness (QED) is 0.704. The van der Waals surface area contributed by atoms with Gasteiger partial charge in [0.05, 0.1) is 28.5 Å². The number of aromatic nitrogens is 1. The van der Waals surface area contributed by atoms with Gasteiger partial charge in [0.1, 0.15) is 18.5 Å². The minimum Gasteiger partial charge on any atom is -0.455 e. The molecule has 0 unspecified atom stereocenters. The number of benzene rings is 1. The van der Waals surface area contributed by atoms with Crippen LogP contribution in [0, 0.1) is 17.2 Å². The summed E-state index contributed by atoms with van der Waals surface area (Å²) >= 11 is 0. The molecule has 1 aromatic carbocycles. The molecule has 1 amide bonds. The van der Waals surface area contributed by atoms with E-state index in [0.717, 1.165) is 0 Å². The Labute approximate surface area is 173 Å². The largest absolute Gasteiger partial charge is 0.455 e. The first kappa shape index (κ1) is 19.8. The highest BCUT2D eigenvalue weighted by molar-refractivity contribution is 7.89. The standard InChI is InChI=1S/C20H18N4O5S/c21-9-15-8-16-17(11-29-20(16)26)22-18(15)24-7-6-14(10-24)19(25)23-30(27,28)12-13-4-2-1-3-5-13/h1-5,8,14H,6-7,10-12H2,(H,23,25)/t14-/m1/s1. The van der Waals surface area contributed by atoms with Crippen LogP contribution >= 0.6 is 0 Å². The second-order valence-electron chi connectivity index (χ2n) is 7.18. The Morgan fingerprint density at radius 1 is 1.33 bits per heavy atom. The fourth-order valence-electron chi connectivity index (χ4n) is 3.60. The lowest BCUT2D eigenvalue weighted by atomic mass is 10.1. The van der Waals surface area contributed by atoms with Crippen LogP contribution in [0.5, 0.6) is 0 Å². The Balaban J connectivity index is 1.45. The van der Waals surface area contributed by atoms with Crippen LogP contribution in [0.4, 0.5) is 5.82 Å². The van der Waals surface area contributed by atoms with Crippen LogP contribution in [-0.4, -0.2) is 38.4 Å². The normalized spacial score (nSPS) is 17.9. The number of ether oxygens (including phenoxy) is 1. The molecule has 3 heterocycles. The van der Waals surface area contributed by atoms with Crippen LogP contribution in [0.2, 0.25) is 0 Å². The van der Waals surface area contributed by atoms with Gasteiger partial charge in [-0.05, 0) is 18.1 Å². The third-order valence-electron chi connectivity index (χ3n) is 5.08. The van der Waals surface area contributed by atoms with E-state index in [0.29, 0.717) is 30.0 Å². The number of amides is 1. The highest BCUT2D eigenvalue weighted by atomic mass is 32.2. The number of nitrogens with zero attached hydrogens (tertiary/aromatic N) is 3. The van der Waals surface area contributed by atoms with Crippen LogP contribution in [-0.2, 0) is 31.9 Å². The van der Waals surface area contributed by atoms with Crippen LogP contribution in [0.3, 0.4) is 0 Å². The molecule has 1 N–H and O–H groups in total. The number of hydrogen-bond donors (Lipinski definition) is 1. The number of sulfonamides is 1. The van der Waals surface area contributed by atoms with Gasteiger partial charge in [-0.3, -0.25) is 9.52 Å². The number of esters is 1. The predicted octanol–water partition coefficient (Wildman–Crippen LogP) is 1.10. The van der Waals surface area contributed by atoms with Gasteiger partial charge < -0.3 is 9.64 Å². The number of anilines is 1. The number of pyridine rings is 1.